The van der Waals surface area contributed by atoms with E-state index in [1.807, 2.05) is 13.0 Å². The molecule has 226 valence electrons. The molecular formula is C34H32ClN3O5S. The summed E-state index contributed by atoms with van der Waals surface area (Å²) in [6, 6.07) is 28.0. The molecule has 0 saturated heterocycles. The van der Waals surface area contributed by atoms with Gasteiger partial charge in [0.15, 0.2) is 0 Å². The molecule has 0 radical (unpaired) electrons. The van der Waals surface area contributed by atoms with Crippen LogP contribution < -0.4 is 25.4 Å². The first-order valence-electron chi connectivity index (χ1n) is 13.7. The summed E-state index contributed by atoms with van der Waals surface area (Å²) in [5.41, 5.74) is 2.04. The zero-order chi connectivity index (χ0) is 31.5. The molecular weight excluding hydrogens is 598 g/mol. The molecule has 0 heterocycles. The fraction of sp³-hybridized carbons (Fsp3) is 0.147. The zero-order valence-corrected chi connectivity index (χ0v) is 26.0. The molecule has 0 spiro atoms. The number of anilines is 2. The third kappa shape index (κ3) is 8.89. The minimum atomic E-state index is -0.534. The molecule has 10 heteroatoms. The average Bonchev–Trinajstić information content (AvgIpc) is 3.04. The van der Waals surface area contributed by atoms with Crippen molar-refractivity contribution in [1.82, 2.24) is 5.32 Å². The van der Waals surface area contributed by atoms with Crippen LogP contribution in [0.15, 0.2) is 108 Å². The normalized spacial score (nSPS) is 11.7. The van der Waals surface area contributed by atoms with Crippen LogP contribution in [-0.4, -0.2) is 37.2 Å². The van der Waals surface area contributed by atoms with E-state index in [4.69, 9.17) is 21.1 Å². The van der Waals surface area contributed by atoms with Crippen molar-refractivity contribution in [1.29, 1.82) is 0 Å². The van der Waals surface area contributed by atoms with Crippen LogP contribution in [0.25, 0.3) is 6.08 Å². The second-order valence-electron chi connectivity index (χ2n) is 9.49. The van der Waals surface area contributed by atoms with Crippen LogP contribution in [0.5, 0.6) is 11.5 Å². The lowest BCUT2D eigenvalue weighted by molar-refractivity contribution is -0.116. The van der Waals surface area contributed by atoms with Crippen molar-refractivity contribution in [3.05, 3.63) is 119 Å². The van der Waals surface area contributed by atoms with E-state index in [2.05, 4.69) is 16.0 Å². The number of hydrogen-bond donors (Lipinski definition) is 3. The second-order valence-corrected chi connectivity index (χ2v) is 11.2. The van der Waals surface area contributed by atoms with Crippen LogP contribution in [0, 0.1) is 0 Å². The summed E-state index contributed by atoms with van der Waals surface area (Å²) in [7, 11) is 3.09. The molecule has 0 fully saturated rings. The Kier molecular flexibility index (Phi) is 11.5. The molecule has 0 aliphatic carbocycles. The van der Waals surface area contributed by atoms with Crippen molar-refractivity contribution < 1.29 is 23.9 Å². The molecule has 3 amide bonds. The number of methoxy groups -OCH3 is 2. The molecule has 1 unspecified atom stereocenters. The number of hydrogen-bond acceptors (Lipinski definition) is 6. The third-order valence-corrected chi connectivity index (χ3v) is 8.09. The second kappa shape index (κ2) is 15.7. The largest absolute Gasteiger partial charge is 0.497 e. The monoisotopic (exact) mass is 629 g/mol. The highest BCUT2D eigenvalue weighted by Crippen LogP contribution is 2.31. The number of thioether (sulfide) groups is 1. The molecule has 0 aliphatic heterocycles. The summed E-state index contributed by atoms with van der Waals surface area (Å²) < 4.78 is 10.6. The summed E-state index contributed by atoms with van der Waals surface area (Å²) in [6.45, 7) is 1.93. The predicted molar refractivity (Wildman–Crippen MR) is 177 cm³/mol. The number of amides is 3. The van der Waals surface area contributed by atoms with E-state index in [1.54, 1.807) is 105 Å². The van der Waals surface area contributed by atoms with Gasteiger partial charge in [-0.15, -0.1) is 11.8 Å². The first-order chi connectivity index (χ1) is 21.3. The van der Waals surface area contributed by atoms with Crippen molar-refractivity contribution in [2.75, 3.05) is 24.9 Å². The van der Waals surface area contributed by atoms with Crippen LogP contribution in [0.1, 0.15) is 29.3 Å². The van der Waals surface area contributed by atoms with Gasteiger partial charge in [0, 0.05) is 45.1 Å². The quantitative estimate of drug-likeness (QED) is 0.112. The number of nitrogens with one attached hydrogen (secondary N) is 3. The van der Waals surface area contributed by atoms with Crippen LogP contribution in [-0.2, 0) is 9.59 Å². The molecule has 1 atom stereocenters. The minimum absolute atomic E-state index is 0.0181. The Labute approximate surface area is 265 Å². The van der Waals surface area contributed by atoms with E-state index >= 15 is 0 Å². The van der Waals surface area contributed by atoms with Crippen LogP contribution in [0.4, 0.5) is 11.4 Å². The van der Waals surface area contributed by atoms with Crippen molar-refractivity contribution in [3.63, 3.8) is 0 Å². The first kappa shape index (κ1) is 32.2. The standard InChI is InChI=1S/C34H32ClN3O5S/c1-4-31(34(41)37-25-18-26(42-2)21-27(19-25)43-3)44-28-15-10-14-24(20-28)36-33(40)30(17-23-13-8-9-16-29(23)35)38-32(39)22-11-6-5-7-12-22/h5-21,31H,4H2,1-3H3,(H,36,40)(H,37,41)(H,38,39)/b30-17+. The Morgan fingerprint density at radius 2 is 1.50 bits per heavy atom. The maximum absolute atomic E-state index is 13.5. The van der Waals surface area contributed by atoms with Crippen molar-refractivity contribution >= 4 is 58.5 Å². The van der Waals surface area contributed by atoms with Gasteiger partial charge in [0.05, 0.1) is 19.5 Å². The van der Waals surface area contributed by atoms with Gasteiger partial charge >= 0.3 is 0 Å². The van der Waals surface area contributed by atoms with Crippen LogP contribution >= 0.6 is 23.4 Å². The lowest BCUT2D eigenvalue weighted by atomic mass is 10.1. The smallest absolute Gasteiger partial charge is 0.272 e. The summed E-state index contributed by atoms with van der Waals surface area (Å²) in [4.78, 5) is 40.4. The molecule has 4 aromatic carbocycles. The summed E-state index contributed by atoms with van der Waals surface area (Å²) >= 11 is 7.71. The maximum atomic E-state index is 13.5. The SMILES string of the molecule is CCC(Sc1cccc(NC(=O)/C(=C\c2ccccc2Cl)NC(=O)c2ccccc2)c1)C(=O)Nc1cc(OC)cc(OC)c1. The number of benzene rings is 4. The summed E-state index contributed by atoms with van der Waals surface area (Å²) in [6.07, 6.45) is 2.09. The molecule has 0 aromatic heterocycles. The Hall–Kier alpha value is -4.73. The molecule has 8 nitrogen and oxygen atoms in total. The first-order valence-corrected chi connectivity index (χ1v) is 15.0. The van der Waals surface area contributed by atoms with E-state index < -0.39 is 17.1 Å². The van der Waals surface area contributed by atoms with Crippen molar-refractivity contribution in [2.24, 2.45) is 0 Å². The highest BCUT2D eigenvalue weighted by Gasteiger charge is 2.20. The molecule has 4 rings (SSSR count). The van der Waals surface area contributed by atoms with Gasteiger partial charge in [-0.3, -0.25) is 14.4 Å². The average molecular weight is 630 g/mol. The van der Waals surface area contributed by atoms with E-state index in [-0.39, 0.29) is 11.6 Å². The molecule has 44 heavy (non-hydrogen) atoms. The highest BCUT2D eigenvalue weighted by molar-refractivity contribution is 8.00. The Balaban J connectivity index is 1.50. The maximum Gasteiger partial charge on any atom is 0.272 e. The van der Waals surface area contributed by atoms with Crippen molar-refractivity contribution in [3.8, 4) is 11.5 Å². The van der Waals surface area contributed by atoms with Gasteiger partial charge in [-0.2, -0.15) is 0 Å². The Morgan fingerprint density at radius 3 is 2.16 bits per heavy atom. The topological polar surface area (TPSA) is 106 Å². The number of ether oxygens (including phenoxy) is 2. The zero-order valence-electron chi connectivity index (χ0n) is 24.4. The third-order valence-electron chi connectivity index (χ3n) is 6.39. The van der Waals surface area contributed by atoms with Gasteiger partial charge in [0.1, 0.15) is 17.2 Å². The number of carbonyl (C=O) groups is 3. The predicted octanol–water partition coefficient (Wildman–Crippen LogP) is 7.28. The van der Waals surface area contributed by atoms with Gasteiger partial charge < -0.3 is 25.4 Å². The van der Waals surface area contributed by atoms with Gasteiger partial charge in [-0.05, 0) is 54.5 Å². The molecule has 0 saturated carbocycles. The Bertz CT molecular complexity index is 1640. The molecule has 0 bridgehead atoms. The minimum Gasteiger partial charge on any atom is -0.497 e. The van der Waals surface area contributed by atoms with Gasteiger partial charge in [0.25, 0.3) is 11.8 Å². The van der Waals surface area contributed by atoms with Crippen molar-refractivity contribution in [2.45, 2.75) is 23.5 Å². The lowest BCUT2D eigenvalue weighted by Crippen LogP contribution is -2.30. The van der Waals surface area contributed by atoms with Crippen LogP contribution in [0.2, 0.25) is 5.02 Å². The lowest BCUT2D eigenvalue weighted by Gasteiger charge is -2.17. The number of carbonyl (C=O) groups excluding carboxylic acids is 3. The molecule has 4 aromatic rings. The van der Waals surface area contributed by atoms with Gasteiger partial charge in [0.2, 0.25) is 5.91 Å². The van der Waals surface area contributed by atoms with Crippen LogP contribution in [0.3, 0.4) is 0 Å². The fourth-order valence-electron chi connectivity index (χ4n) is 4.12. The van der Waals surface area contributed by atoms with E-state index in [0.29, 0.717) is 45.4 Å². The van der Waals surface area contributed by atoms with E-state index in [9.17, 15) is 14.4 Å². The number of halogens is 1. The van der Waals surface area contributed by atoms with E-state index in [0.717, 1.165) is 4.90 Å². The Morgan fingerprint density at radius 1 is 0.818 bits per heavy atom. The van der Waals surface area contributed by atoms with E-state index in [1.165, 1.54) is 17.8 Å². The summed E-state index contributed by atoms with van der Waals surface area (Å²) in [5.74, 6) is -0.0313. The summed E-state index contributed by atoms with van der Waals surface area (Å²) in [5, 5.41) is 8.52. The molecule has 0 aliphatic rings. The highest BCUT2D eigenvalue weighted by atomic mass is 35.5. The fourth-order valence-corrected chi connectivity index (χ4v) is 5.33. The van der Waals surface area contributed by atoms with Gasteiger partial charge in [-0.25, -0.2) is 0 Å². The number of rotatable bonds is 12. The van der Waals surface area contributed by atoms with Gasteiger partial charge in [-0.1, -0.05) is 61.0 Å². The molecule has 3 N–H and O–H groups in total.